The zero-order chi connectivity index (χ0) is 24.0. The maximum Gasteiger partial charge on any atom is 0.266 e. The molecule has 0 aliphatic heterocycles. The predicted molar refractivity (Wildman–Crippen MR) is 132 cm³/mol. The Balaban J connectivity index is 1.85. The largest absolute Gasteiger partial charge is 0.493 e. The summed E-state index contributed by atoms with van der Waals surface area (Å²) in [5.74, 6) is 0.106. The first-order valence-corrected chi connectivity index (χ1v) is 10.9. The summed E-state index contributed by atoms with van der Waals surface area (Å²) in [5, 5.41) is 13.6. The first-order valence-electron chi connectivity index (χ1n) is 9.75. The van der Waals surface area contributed by atoms with E-state index in [9.17, 15) is 10.1 Å². The van der Waals surface area contributed by atoms with Gasteiger partial charge in [0, 0.05) is 21.3 Å². The minimum atomic E-state index is -0.572. The van der Waals surface area contributed by atoms with E-state index in [1.54, 1.807) is 36.4 Å². The van der Waals surface area contributed by atoms with Crippen LogP contribution in [0, 0.1) is 18.3 Å². The molecule has 0 atom stereocenters. The van der Waals surface area contributed by atoms with Gasteiger partial charge >= 0.3 is 0 Å². The second kappa shape index (κ2) is 11.1. The minimum absolute atomic E-state index is 0.114. The van der Waals surface area contributed by atoms with Crippen LogP contribution in [0.25, 0.3) is 6.08 Å². The topological polar surface area (TPSA) is 71.3 Å². The number of aryl methyl sites for hydroxylation is 1. The molecule has 0 bridgehead atoms. The number of halogens is 3. The number of carbonyl (C=O) groups excluding carboxylic acids is 1. The molecule has 1 N–H and O–H groups in total. The minimum Gasteiger partial charge on any atom is -0.493 e. The quantitative estimate of drug-likeness (QED) is 0.277. The smallest absolute Gasteiger partial charge is 0.266 e. The highest BCUT2D eigenvalue weighted by Crippen LogP contribution is 2.38. The number of nitrogens with zero attached hydrogens (tertiary/aromatic N) is 1. The standard InChI is InChI=1S/C25H19Cl3N2O3/c1-15-7-8-19(26)12-22(15)30-25(31)18(13-29)9-16-10-21(28)24(23(11-16)32-2)33-14-17-5-3-4-6-20(17)27/h3-12H,14H2,1-2H3,(H,30,31)/b18-9+. The van der Waals surface area contributed by atoms with E-state index in [1.807, 2.05) is 31.2 Å². The van der Waals surface area contributed by atoms with E-state index < -0.39 is 5.91 Å². The number of methoxy groups -OCH3 is 1. The van der Waals surface area contributed by atoms with Gasteiger partial charge < -0.3 is 14.8 Å². The molecule has 8 heteroatoms. The number of ether oxygens (including phenoxy) is 2. The molecule has 0 fully saturated rings. The van der Waals surface area contributed by atoms with Crippen LogP contribution >= 0.6 is 34.8 Å². The molecule has 3 rings (SSSR count). The van der Waals surface area contributed by atoms with Gasteiger partial charge in [-0.05, 0) is 54.5 Å². The van der Waals surface area contributed by atoms with E-state index in [2.05, 4.69) is 5.32 Å². The molecule has 5 nitrogen and oxygen atoms in total. The van der Waals surface area contributed by atoms with Gasteiger partial charge in [-0.25, -0.2) is 0 Å². The summed E-state index contributed by atoms with van der Waals surface area (Å²) >= 11 is 18.6. The number of rotatable bonds is 7. The summed E-state index contributed by atoms with van der Waals surface area (Å²) in [5.41, 5.74) is 2.51. The highest BCUT2D eigenvalue weighted by Gasteiger charge is 2.15. The van der Waals surface area contributed by atoms with Gasteiger partial charge in [-0.1, -0.05) is 59.1 Å². The molecular weight excluding hydrogens is 483 g/mol. The van der Waals surface area contributed by atoms with Gasteiger partial charge in [0.2, 0.25) is 0 Å². The van der Waals surface area contributed by atoms with Crippen LogP contribution in [0.2, 0.25) is 15.1 Å². The third kappa shape index (κ3) is 6.21. The molecule has 0 saturated heterocycles. The van der Waals surface area contributed by atoms with Crippen molar-refractivity contribution in [2.75, 3.05) is 12.4 Å². The summed E-state index contributed by atoms with van der Waals surface area (Å²) in [4.78, 5) is 12.7. The fourth-order valence-electron chi connectivity index (χ4n) is 2.96. The van der Waals surface area contributed by atoms with Crippen LogP contribution in [0.3, 0.4) is 0 Å². The summed E-state index contributed by atoms with van der Waals surface area (Å²) in [7, 11) is 1.47. The van der Waals surface area contributed by atoms with Crippen LogP contribution < -0.4 is 14.8 Å². The van der Waals surface area contributed by atoms with Gasteiger partial charge in [0.1, 0.15) is 18.2 Å². The van der Waals surface area contributed by atoms with Crippen LogP contribution in [-0.2, 0) is 11.4 Å². The number of anilines is 1. The number of amides is 1. The molecule has 3 aromatic rings. The van der Waals surface area contributed by atoms with Crippen LogP contribution in [0.15, 0.2) is 60.2 Å². The van der Waals surface area contributed by atoms with Gasteiger partial charge in [0.25, 0.3) is 5.91 Å². The molecule has 0 spiro atoms. The molecule has 33 heavy (non-hydrogen) atoms. The average molecular weight is 502 g/mol. The van der Waals surface area contributed by atoms with Crippen molar-refractivity contribution in [3.63, 3.8) is 0 Å². The molecular formula is C25H19Cl3N2O3. The predicted octanol–water partition coefficient (Wildman–Crippen LogP) is 7.09. The molecule has 0 aromatic heterocycles. The second-order valence-electron chi connectivity index (χ2n) is 7.00. The number of hydrogen-bond donors (Lipinski definition) is 1. The van der Waals surface area contributed by atoms with Crippen molar-refractivity contribution in [3.8, 4) is 17.6 Å². The van der Waals surface area contributed by atoms with E-state index in [0.29, 0.717) is 32.8 Å². The van der Waals surface area contributed by atoms with Crippen LogP contribution in [-0.4, -0.2) is 13.0 Å². The second-order valence-corrected chi connectivity index (χ2v) is 8.25. The summed E-state index contributed by atoms with van der Waals surface area (Å²) < 4.78 is 11.3. The lowest BCUT2D eigenvalue weighted by molar-refractivity contribution is -0.112. The van der Waals surface area contributed by atoms with E-state index in [4.69, 9.17) is 44.3 Å². The van der Waals surface area contributed by atoms with Crippen molar-refractivity contribution in [2.45, 2.75) is 13.5 Å². The summed E-state index contributed by atoms with van der Waals surface area (Å²) in [6.07, 6.45) is 1.42. The van der Waals surface area contributed by atoms with E-state index in [-0.39, 0.29) is 17.2 Å². The maximum absolute atomic E-state index is 12.7. The first-order chi connectivity index (χ1) is 15.8. The van der Waals surface area contributed by atoms with Crippen molar-refractivity contribution in [1.82, 2.24) is 0 Å². The lowest BCUT2D eigenvalue weighted by atomic mass is 10.1. The van der Waals surface area contributed by atoms with Crippen molar-refractivity contribution in [2.24, 2.45) is 0 Å². The van der Waals surface area contributed by atoms with Crippen molar-refractivity contribution in [3.05, 3.63) is 91.9 Å². The Hall–Kier alpha value is -3.17. The average Bonchev–Trinajstić information content (AvgIpc) is 2.79. The van der Waals surface area contributed by atoms with Crippen molar-refractivity contribution in [1.29, 1.82) is 5.26 Å². The molecule has 0 unspecified atom stereocenters. The monoisotopic (exact) mass is 500 g/mol. The molecule has 0 aliphatic rings. The third-order valence-corrected chi connectivity index (χ3v) is 5.59. The highest BCUT2D eigenvalue weighted by atomic mass is 35.5. The Morgan fingerprint density at radius 2 is 1.85 bits per heavy atom. The number of nitriles is 1. The first kappa shape index (κ1) is 24.5. The molecule has 3 aromatic carbocycles. The summed E-state index contributed by atoms with van der Waals surface area (Å²) in [6.45, 7) is 2.02. The van der Waals surface area contributed by atoms with E-state index >= 15 is 0 Å². The van der Waals surface area contributed by atoms with Gasteiger partial charge in [-0.15, -0.1) is 0 Å². The van der Waals surface area contributed by atoms with Crippen molar-refractivity contribution >= 4 is 52.5 Å². The zero-order valence-electron chi connectivity index (χ0n) is 17.8. The number of carbonyl (C=O) groups is 1. The third-order valence-electron chi connectivity index (χ3n) is 4.71. The molecule has 1 amide bonds. The lowest BCUT2D eigenvalue weighted by Gasteiger charge is -2.14. The normalized spacial score (nSPS) is 11.0. The van der Waals surface area contributed by atoms with Crippen LogP contribution in [0.1, 0.15) is 16.7 Å². The Morgan fingerprint density at radius 1 is 1.09 bits per heavy atom. The Kier molecular flexibility index (Phi) is 8.24. The summed E-state index contributed by atoms with van der Waals surface area (Å²) in [6, 6.07) is 17.5. The van der Waals surface area contributed by atoms with Gasteiger partial charge in [-0.2, -0.15) is 5.26 Å². The van der Waals surface area contributed by atoms with Crippen LogP contribution in [0.5, 0.6) is 11.5 Å². The fraction of sp³-hybridized carbons (Fsp3) is 0.120. The lowest BCUT2D eigenvalue weighted by Crippen LogP contribution is -2.14. The molecule has 0 aliphatic carbocycles. The Morgan fingerprint density at radius 3 is 2.55 bits per heavy atom. The number of hydrogen-bond acceptors (Lipinski definition) is 4. The maximum atomic E-state index is 12.7. The molecule has 0 heterocycles. The van der Waals surface area contributed by atoms with E-state index in [0.717, 1.165) is 11.1 Å². The van der Waals surface area contributed by atoms with Gasteiger partial charge in [0.05, 0.1) is 12.1 Å². The molecule has 0 radical (unpaired) electrons. The molecule has 0 saturated carbocycles. The fourth-order valence-corrected chi connectivity index (χ4v) is 3.60. The van der Waals surface area contributed by atoms with Crippen molar-refractivity contribution < 1.29 is 14.3 Å². The Labute approximate surface area is 207 Å². The SMILES string of the molecule is COc1cc(/C=C(\C#N)C(=O)Nc2cc(Cl)ccc2C)cc(Cl)c1OCc1ccccc1Cl. The number of nitrogens with one attached hydrogen (secondary N) is 1. The zero-order valence-corrected chi connectivity index (χ0v) is 20.1. The Bertz CT molecular complexity index is 1270. The van der Waals surface area contributed by atoms with Gasteiger partial charge in [0.15, 0.2) is 11.5 Å². The van der Waals surface area contributed by atoms with Crippen LogP contribution in [0.4, 0.5) is 5.69 Å². The van der Waals surface area contributed by atoms with E-state index in [1.165, 1.54) is 13.2 Å². The highest BCUT2D eigenvalue weighted by molar-refractivity contribution is 6.32. The number of benzene rings is 3. The molecule has 168 valence electrons. The van der Waals surface area contributed by atoms with Gasteiger partial charge in [-0.3, -0.25) is 4.79 Å².